The molecule has 0 fully saturated rings. The highest BCUT2D eigenvalue weighted by atomic mass is 16.6. The van der Waals surface area contributed by atoms with Crippen molar-refractivity contribution >= 4 is 0 Å². The first kappa shape index (κ1) is 12.5. The number of benzene rings is 1. The average Bonchev–Trinajstić information content (AvgIpc) is 2.47. The van der Waals surface area contributed by atoms with Gasteiger partial charge in [-0.2, -0.15) is 0 Å². The molecule has 0 saturated heterocycles. The molecule has 0 spiro atoms. The third kappa shape index (κ3) is 2.91. The zero-order valence-corrected chi connectivity index (χ0v) is 10.9. The number of nitrogens with zero attached hydrogens (tertiary/aromatic N) is 1. The van der Waals surface area contributed by atoms with E-state index in [0.29, 0.717) is 6.61 Å². The summed E-state index contributed by atoms with van der Waals surface area (Å²) in [5.41, 5.74) is 1.10. The molecule has 0 radical (unpaired) electrons. The van der Waals surface area contributed by atoms with Crippen LogP contribution >= 0.6 is 0 Å². The molecular weight excluding hydrogens is 242 g/mol. The topological polar surface area (TPSA) is 41.9 Å². The normalized spacial score (nSPS) is 23.0. The fraction of sp³-hybridized carbons (Fsp3) is 0.467. The number of para-hydroxylation sites is 2. The van der Waals surface area contributed by atoms with Crippen molar-refractivity contribution in [1.82, 2.24) is 4.90 Å². The fourth-order valence-electron chi connectivity index (χ4n) is 2.59. The van der Waals surface area contributed by atoms with Gasteiger partial charge < -0.3 is 14.6 Å². The highest BCUT2D eigenvalue weighted by Gasteiger charge is 2.24. The molecule has 2 aliphatic heterocycles. The number of aliphatic hydroxyl groups is 1. The number of hydrogen-bond donors (Lipinski definition) is 1. The van der Waals surface area contributed by atoms with Gasteiger partial charge in [-0.3, -0.25) is 4.90 Å². The van der Waals surface area contributed by atoms with Gasteiger partial charge in [0.05, 0.1) is 6.61 Å². The molecule has 1 unspecified atom stereocenters. The second-order valence-electron chi connectivity index (χ2n) is 5.04. The first-order valence-electron chi connectivity index (χ1n) is 6.75. The number of hydrogen-bond acceptors (Lipinski definition) is 4. The number of rotatable bonds is 3. The fourth-order valence-corrected chi connectivity index (χ4v) is 2.59. The van der Waals surface area contributed by atoms with E-state index in [4.69, 9.17) is 9.47 Å². The average molecular weight is 261 g/mol. The van der Waals surface area contributed by atoms with Crippen molar-refractivity contribution in [2.45, 2.75) is 12.5 Å². The largest absolute Gasteiger partial charge is 0.486 e. The van der Waals surface area contributed by atoms with Crippen LogP contribution in [-0.4, -0.2) is 49.0 Å². The van der Waals surface area contributed by atoms with Crippen LogP contribution in [0, 0.1) is 0 Å². The van der Waals surface area contributed by atoms with E-state index in [-0.39, 0.29) is 12.7 Å². The van der Waals surface area contributed by atoms with Crippen LogP contribution in [-0.2, 0) is 0 Å². The highest BCUT2D eigenvalue weighted by molar-refractivity contribution is 5.40. The van der Waals surface area contributed by atoms with Crippen molar-refractivity contribution in [3.63, 3.8) is 0 Å². The number of ether oxygens (including phenoxy) is 2. The van der Waals surface area contributed by atoms with Gasteiger partial charge in [0.25, 0.3) is 0 Å². The Morgan fingerprint density at radius 3 is 2.95 bits per heavy atom. The smallest absolute Gasteiger partial charge is 0.161 e. The molecule has 4 nitrogen and oxygen atoms in total. The molecule has 0 aliphatic carbocycles. The molecule has 1 aromatic carbocycles. The summed E-state index contributed by atoms with van der Waals surface area (Å²) in [7, 11) is 0. The molecule has 0 aromatic heterocycles. The Morgan fingerprint density at radius 2 is 2.11 bits per heavy atom. The standard InChI is InChI=1S/C15H19NO3/c17-10-12-4-3-7-16(8-12)9-13-11-18-14-5-1-2-6-15(14)19-13/h1-2,4-6,13,17H,3,7-11H2. The summed E-state index contributed by atoms with van der Waals surface area (Å²) < 4.78 is 11.7. The maximum Gasteiger partial charge on any atom is 0.161 e. The van der Waals surface area contributed by atoms with Gasteiger partial charge in [0.15, 0.2) is 11.5 Å². The van der Waals surface area contributed by atoms with E-state index in [0.717, 1.165) is 43.1 Å². The van der Waals surface area contributed by atoms with Crippen molar-refractivity contribution < 1.29 is 14.6 Å². The van der Waals surface area contributed by atoms with E-state index in [1.165, 1.54) is 0 Å². The van der Waals surface area contributed by atoms with Crippen molar-refractivity contribution in [3.8, 4) is 11.5 Å². The van der Waals surface area contributed by atoms with E-state index < -0.39 is 0 Å². The lowest BCUT2D eigenvalue weighted by atomic mass is 10.1. The molecule has 0 bridgehead atoms. The molecule has 1 aromatic rings. The molecule has 2 aliphatic rings. The van der Waals surface area contributed by atoms with Crippen molar-refractivity contribution in [2.75, 3.05) is 32.8 Å². The molecule has 19 heavy (non-hydrogen) atoms. The van der Waals surface area contributed by atoms with Crippen molar-refractivity contribution in [1.29, 1.82) is 0 Å². The lowest BCUT2D eigenvalue weighted by molar-refractivity contribution is 0.0596. The molecule has 0 saturated carbocycles. The summed E-state index contributed by atoms with van der Waals surface area (Å²) in [4.78, 5) is 2.31. The summed E-state index contributed by atoms with van der Waals surface area (Å²) >= 11 is 0. The SMILES string of the molecule is OCC1=CCCN(CC2COc3ccccc3O2)C1. The predicted octanol–water partition coefficient (Wildman–Crippen LogP) is 1.45. The van der Waals surface area contributed by atoms with Crippen LogP contribution in [0.5, 0.6) is 11.5 Å². The van der Waals surface area contributed by atoms with Gasteiger partial charge in [-0.05, 0) is 24.1 Å². The molecule has 1 N–H and O–H groups in total. The molecule has 0 amide bonds. The first-order valence-corrected chi connectivity index (χ1v) is 6.75. The summed E-state index contributed by atoms with van der Waals surface area (Å²) in [6.07, 6.45) is 3.19. The first-order chi connectivity index (χ1) is 9.35. The van der Waals surface area contributed by atoms with E-state index in [1.807, 2.05) is 24.3 Å². The Morgan fingerprint density at radius 1 is 1.26 bits per heavy atom. The van der Waals surface area contributed by atoms with Gasteiger partial charge in [0.1, 0.15) is 12.7 Å². The molecule has 3 rings (SSSR count). The maximum absolute atomic E-state index is 9.19. The minimum atomic E-state index is 0.0629. The second kappa shape index (κ2) is 5.63. The van der Waals surface area contributed by atoms with E-state index in [2.05, 4.69) is 11.0 Å². The van der Waals surface area contributed by atoms with Gasteiger partial charge in [-0.15, -0.1) is 0 Å². The molecule has 102 valence electrons. The lowest BCUT2D eigenvalue weighted by Crippen LogP contribution is -2.43. The van der Waals surface area contributed by atoms with E-state index in [1.54, 1.807) is 0 Å². The van der Waals surface area contributed by atoms with Gasteiger partial charge in [-0.25, -0.2) is 0 Å². The summed E-state index contributed by atoms with van der Waals surface area (Å²) in [6.45, 7) is 3.43. The Hall–Kier alpha value is -1.52. The van der Waals surface area contributed by atoms with Crippen LogP contribution in [0.25, 0.3) is 0 Å². The van der Waals surface area contributed by atoms with Gasteiger partial charge in [0.2, 0.25) is 0 Å². The van der Waals surface area contributed by atoms with Crippen LogP contribution in [0.2, 0.25) is 0 Å². The predicted molar refractivity (Wildman–Crippen MR) is 72.6 cm³/mol. The third-order valence-electron chi connectivity index (χ3n) is 3.54. The van der Waals surface area contributed by atoms with E-state index >= 15 is 0 Å². The van der Waals surface area contributed by atoms with Crippen molar-refractivity contribution in [3.05, 3.63) is 35.9 Å². The number of fused-ring (bicyclic) bond motifs is 1. The lowest BCUT2D eigenvalue weighted by Gasteiger charge is -2.33. The van der Waals surface area contributed by atoms with E-state index in [9.17, 15) is 5.11 Å². The van der Waals surface area contributed by atoms with Crippen LogP contribution in [0.4, 0.5) is 0 Å². The van der Waals surface area contributed by atoms with Crippen LogP contribution in [0.1, 0.15) is 6.42 Å². The Balaban J connectivity index is 1.59. The minimum absolute atomic E-state index is 0.0629. The van der Waals surface area contributed by atoms with Crippen LogP contribution in [0.15, 0.2) is 35.9 Å². The summed E-state index contributed by atoms with van der Waals surface area (Å²) in [5, 5.41) is 9.19. The molecule has 2 heterocycles. The van der Waals surface area contributed by atoms with Gasteiger partial charge >= 0.3 is 0 Å². The monoisotopic (exact) mass is 261 g/mol. The molecule has 4 heteroatoms. The summed E-state index contributed by atoms with van der Waals surface area (Å²) in [5.74, 6) is 1.65. The summed E-state index contributed by atoms with van der Waals surface area (Å²) in [6, 6.07) is 7.78. The Kier molecular flexibility index (Phi) is 3.71. The van der Waals surface area contributed by atoms with Crippen molar-refractivity contribution in [2.24, 2.45) is 0 Å². The minimum Gasteiger partial charge on any atom is -0.486 e. The van der Waals surface area contributed by atoms with Gasteiger partial charge in [0, 0.05) is 19.6 Å². The quantitative estimate of drug-likeness (QED) is 0.836. The number of aliphatic hydroxyl groups excluding tert-OH is 1. The zero-order chi connectivity index (χ0) is 13.1. The third-order valence-corrected chi connectivity index (χ3v) is 3.54. The Labute approximate surface area is 113 Å². The zero-order valence-electron chi connectivity index (χ0n) is 10.9. The van der Waals surface area contributed by atoms with Gasteiger partial charge in [-0.1, -0.05) is 18.2 Å². The highest BCUT2D eigenvalue weighted by Crippen LogP contribution is 2.31. The molecule has 1 atom stereocenters. The molecular formula is C15H19NO3. The van der Waals surface area contributed by atoms with Crippen LogP contribution in [0.3, 0.4) is 0 Å². The Bertz CT molecular complexity index is 472. The maximum atomic E-state index is 9.19. The van der Waals surface area contributed by atoms with Crippen LogP contribution < -0.4 is 9.47 Å². The second-order valence-corrected chi connectivity index (χ2v) is 5.04.